The van der Waals surface area contributed by atoms with Crippen LogP contribution in [-0.2, 0) is 4.79 Å². The fourth-order valence-electron chi connectivity index (χ4n) is 10.8. The average Bonchev–Trinajstić information content (AvgIpc) is 3.38. The fraction of sp³-hybridized carbons (Fsp3) is 0.658. The summed E-state index contributed by atoms with van der Waals surface area (Å²) in [5.74, 6) is 3.98. The molecule has 0 radical (unpaired) electrons. The number of anilines is 2. The van der Waals surface area contributed by atoms with Crippen molar-refractivity contribution in [2.24, 2.45) is 46.3 Å². The van der Waals surface area contributed by atoms with Gasteiger partial charge in [-0.1, -0.05) is 20.8 Å². The van der Waals surface area contributed by atoms with E-state index in [2.05, 4.69) is 20.8 Å². The minimum absolute atomic E-state index is 0.0545. The lowest BCUT2D eigenvalue weighted by molar-refractivity contribution is -0.164. The molecule has 2 aromatic carbocycles. The number of carbonyl (C=O) groups excluding carboxylic acids is 1. The largest absolute Gasteiger partial charge is 0.490 e. The quantitative estimate of drug-likeness (QED) is 0.236. The van der Waals surface area contributed by atoms with E-state index in [4.69, 9.17) is 20.9 Å². The number of nitrogens with two attached hydrogens (primary N) is 2. The van der Waals surface area contributed by atoms with E-state index in [0.29, 0.717) is 41.7 Å². The van der Waals surface area contributed by atoms with Crippen LogP contribution in [-0.4, -0.2) is 30.8 Å². The minimum atomic E-state index is -4.39. The summed E-state index contributed by atoms with van der Waals surface area (Å²) < 4.78 is 51.3. The van der Waals surface area contributed by atoms with Gasteiger partial charge in [-0.15, -0.1) is 0 Å². The molecule has 0 aromatic heterocycles. The number of hydrogen-bond acceptors (Lipinski definition) is 5. The molecule has 4 saturated carbocycles. The van der Waals surface area contributed by atoms with Gasteiger partial charge in [-0.3, -0.25) is 4.79 Å². The van der Waals surface area contributed by atoms with Crippen LogP contribution in [0.4, 0.5) is 24.5 Å². The summed E-state index contributed by atoms with van der Waals surface area (Å²) in [5.41, 5.74) is 13.6. The third-order valence-electron chi connectivity index (χ3n) is 13.0. The first kappa shape index (κ1) is 33.8. The van der Waals surface area contributed by atoms with Gasteiger partial charge in [0.2, 0.25) is 5.91 Å². The van der Waals surface area contributed by atoms with Crippen molar-refractivity contribution in [2.45, 2.75) is 103 Å². The smallest absolute Gasteiger partial charge is 0.405 e. The fourth-order valence-corrected chi connectivity index (χ4v) is 10.8. The molecular weight excluding hydrogens is 603 g/mol. The molecule has 0 spiro atoms. The van der Waals surface area contributed by atoms with Crippen LogP contribution < -0.4 is 26.3 Å². The Morgan fingerprint density at radius 1 is 0.851 bits per heavy atom. The van der Waals surface area contributed by atoms with Crippen LogP contribution in [0.2, 0.25) is 0 Å². The summed E-state index contributed by atoms with van der Waals surface area (Å²) in [7, 11) is 0. The van der Waals surface area contributed by atoms with Gasteiger partial charge < -0.3 is 26.3 Å². The van der Waals surface area contributed by atoms with Gasteiger partial charge in [0.1, 0.15) is 24.1 Å². The monoisotopic (exact) mass is 655 g/mol. The highest BCUT2D eigenvalue weighted by Crippen LogP contribution is 2.68. The first-order valence-electron chi connectivity index (χ1n) is 17.6. The second-order valence-corrected chi connectivity index (χ2v) is 15.7. The topological polar surface area (TPSA) is 99.6 Å². The zero-order valence-electron chi connectivity index (χ0n) is 28.0. The number of alkyl halides is 3. The van der Waals surface area contributed by atoms with Crippen molar-refractivity contribution >= 4 is 17.3 Å². The molecule has 2 aromatic rings. The highest BCUT2D eigenvalue weighted by atomic mass is 19.4. The average molecular weight is 656 g/mol. The Morgan fingerprint density at radius 2 is 1.45 bits per heavy atom. The number of ether oxygens (including phenoxy) is 2. The highest BCUT2D eigenvalue weighted by Gasteiger charge is 2.63. The lowest BCUT2D eigenvalue weighted by Gasteiger charge is -2.63. The summed E-state index contributed by atoms with van der Waals surface area (Å²) in [4.78, 5) is 12.2. The van der Waals surface area contributed by atoms with Gasteiger partial charge in [0, 0.05) is 23.7 Å². The number of rotatable bonds is 9. The van der Waals surface area contributed by atoms with Crippen molar-refractivity contribution < 1.29 is 27.4 Å². The first-order valence-corrected chi connectivity index (χ1v) is 17.6. The Labute approximate surface area is 277 Å². The number of carbonyl (C=O) groups is 1. The van der Waals surface area contributed by atoms with Crippen molar-refractivity contribution in [3.63, 3.8) is 0 Å². The molecule has 10 atom stereocenters. The molecule has 6 nitrogen and oxygen atoms in total. The maximum Gasteiger partial charge on any atom is 0.405 e. The molecule has 4 aliphatic rings. The zero-order chi connectivity index (χ0) is 33.6. The molecule has 47 heavy (non-hydrogen) atoms. The molecule has 4 aliphatic carbocycles. The maximum absolute atomic E-state index is 12.6. The van der Waals surface area contributed by atoms with Crippen LogP contribution >= 0.6 is 0 Å². The number of fused-ring (bicyclic) bond motifs is 5. The van der Waals surface area contributed by atoms with Gasteiger partial charge in [0.15, 0.2) is 0 Å². The lowest BCUT2D eigenvalue weighted by atomic mass is 9.43. The number of nitrogens with one attached hydrogen (secondary N) is 1. The normalized spacial score (nSPS) is 35.6. The van der Waals surface area contributed by atoms with Gasteiger partial charge in [-0.05, 0) is 147 Å². The number of halogens is 3. The van der Waals surface area contributed by atoms with E-state index in [1.165, 1.54) is 6.42 Å². The van der Waals surface area contributed by atoms with E-state index >= 15 is 0 Å². The van der Waals surface area contributed by atoms with E-state index < -0.39 is 18.6 Å². The van der Waals surface area contributed by atoms with Crippen molar-refractivity contribution in [3.05, 3.63) is 48.5 Å². The van der Waals surface area contributed by atoms with E-state index in [-0.39, 0.29) is 35.4 Å². The summed E-state index contributed by atoms with van der Waals surface area (Å²) >= 11 is 0. The third kappa shape index (κ3) is 7.05. The number of amides is 1. The molecule has 0 heterocycles. The van der Waals surface area contributed by atoms with Crippen molar-refractivity contribution in [1.29, 1.82) is 0 Å². The maximum atomic E-state index is 12.6. The molecule has 1 amide bonds. The second-order valence-electron chi connectivity index (χ2n) is 15.7. The molecule has 6 rings (SSSR count). The Bertz CT molecular complexity index is 1390. The van der Waals surface area contributed by atoms with E-state index in [1.807, 2.05) is 53.8 Å². The van der Waals surface area contributed by atoms with Gasteiger partial charge in [0.05, 0.1) is 6.10 Å². The number of nitrogen functional groups attached to an aromatic ring is 2. The van der Waals surface area contributed by atoms with Gasteiger partial charge >= 0.3 is 6.18 Å². The van der Waals surface area contributed by atoms with Gasteiger partial charge in [-0.2, -0.15) is 13.2 Å². The van der Waals surface area contributed by atoms with Crippen LogP contribution in [0.15, 0.2) is 48.5 Å². The molecule has 5 N–H and O–H groups in total. The standard InChI is InChI=1S/C38H52F3N3O3/c1-23(4-15-35(45)44-22-38(39,40)41)30-13-14-31-29-21-34(47-27-11-7-25(43)8-12-27)33-20-28(46-26-9-5-24(42)6-10-26)16-18-37(33,3)32(29)17-19-36(30,31)2/h5-12,23,28-34H,4,13-22,42-43H2,1-3H3,(H,44,45)/t23-,28?,29+,30-,31+,32+,33?,34?,36-,37-/m1/s1. The Balaban J connectivity index is 1.19. The number of hydrogen-bond donors (Lipinski definition) is 3. The molecule has 4 fully saturated rings. The van der Waals surface area contributed by atoms with Crippen molar-refractivity contribution in [3.8, 4) is 11.5 Å². The second kappa shape index (κ2) is 13.1. The molecule has 3 unspecified atom stereocenters. The summed E-state index contributed by atoms with van der Waals surface area (Å²) in [6.45, 7) is 5.92. The third-order valence-corrected chi connectivity index (χ3v) is 13.0. The molecule has 0 aliphatic heterocycles. The van der Waals surface area contributed by atoms with E-state index in [0.717, 1.165) is 62.1 Å². The Hall–Kier alpha value is -3.10. The van der Waals surface area contributed by atoms with E-state index in [9.17, 15) is 18.0 Å². The molecule has 0 bridgehead atoms. The molecule has 258 valence electrons. The Kier molecular flexibility index (Phi) is 9.40. The predicted octanol–water partition coefficient (Wildman–Crippen LogP) is 8.41. The number of benzene rings is 2. The first-order chi connectivity index (χ1) is 22.2. The van der Waals surface area contributed by atoms with Gasteiger partial charge in [-0.25, -0.2) is 0 Å². The van der Waals surface area contributed by atoms with Crippen molar-refractivity contribution in [1.82, 2.24) is 5.32 Å². The predicted molar refractivity (Wildman–Crippen MR) is 179 cm³/mol. The molecule has 0 saturated heterocycles. The van der Waals surface area contributed by atoms with E-state index in [1.54, 1.807) is 0 Å². The lowest BCUT2D eigenvalue weighted by Crippen LogP contribution is -2.59. The van der Waals surface area contributed by atoms with Crippen molar-refractivity contribution in [2.75, 3.05) is 18.0 Å². The SMILES string of the molecule is C[C@H](CCC(=O)NCC(F)(F)F)[C@H]1CC[C@H]2[C@@H]3CC(Oc4ccc(N)cc4)C4CC(Oc5ccc(N)cc5)CC[C@]4(C)[C@H]3CC[C@]12C. The summed E-state index contributed by atoms with van der Waals surface area (Å²) in [6, 6.07) is 15.4. The highest BCUT2D eigenvalue weighted by molar-refractivity contribution is 5.75. The Morgan fingerprint density at radius 3 is 2.09 bits per heavy atom. The molecule has 9 heteroatoms. The van der Waals surface area contributed by atoms with Crippen LogP contribution in [0.1, 0.15) is 85.0 Å². The molecular formula is C38H52F3N3O3. The van der Waals surface area contributed by atoms with Crippen LogP contribution in [0.3, 0.4) is 0 Å². The minimum Gasteiger partial charge on any atom is -0.490 e. The van der Waals surface area contributed by atoms with Crippen LogP contribution in [0.5, 0.6) is 11.5 Å². The van der Waals surface area contributed by atoms with Crippen LogP contribution in [0, 0.1) is 46.3 Å². The summed E-state index contributed by atoms with van der Waals surface area (Å²) in [5, 5.41) is 2.05. The van der Waals surface area contributed by atoms with Gasteiger partial charge in [0.25, 0.3) is 0 Å². The zero-order valence-corrected chi connectivity index (χ0v) is 28.0. The van der Waals surface area contributed by atoms with Crippen LogP contribution in [0.25, 0.3) is 0 Å². The summed E-state index contributed by atoms with van der Waals surface area (Å²) in [6.07, 6.45) is 5.19.